The van der Waals surface area contributed by atoms with E-state index in [-0.39, 0.29) is 6.61 Å². The van der Waals surface area contributed by atoms with Crippen molar-refractivity contribution in [1.82, 2.24) is 15.1 Å². The molecule has 0 aliphatic carbocycles. The van der Waals surface area contributed by atoms with E-state index in [2.05, 4.69) is 28.8 Å². The summed E-state index contributed by atoms with van der Waals surface area (Å²) in [6, 6.07) is 2.14. The van der Waals surface area contributed by atoms with E-state index in [9.17, 15) is 0 Å². The number of hydrogen-bond donors (Lipinski definition) is 2. The molecule has 0 unspecified atom stereocenters. The summed E-state index contributed by atoms with van der Waals surface area (Å²) in [5.41, 5.74) is 2.49. The van der Waals surface area contributed by atoms with Crippen LogP contribution in [0.3, 0.4) is 0 Å². The highest BCUT2D eigenvalue weighted by molar-refractivity contribution is 7.10. The van der Waals surface area contributed by atoms with Crippen molar-refractivity contribution in [2.45, 2.75) is 26.6 Å². The van der Waals surface area contributed by atoms with E-state index in [1.165, 1.54) is 10.4 Å². The topological polar surface area (TPSA) is 50.1 Å². The number of thiophene rings is 1. The molecule has 2 aromatic heterocycles. The van der Waals surface area contributed by atoms with E-state index >= 15 is 0 Å². The van der Waals surface area contributed by atoms with E-state index in [0.29, 0.717) is 6.54 Å². The molecular weight excluding hydrogens is 234 g/mol. The first-order valence-corrected chi connectivity index (χ1v) is 6.53. The fourth-order valence-electron chi connectivity index (χ4n) is 1.63. The van der Waals surface area contributed by atoms with Gasteiger partial charge in [0.1, 0.15) is 0 Å². The number of hydrogen-bond acceptors (Lipinski definition) is 4. The van der Waals surface area contributed by atoms with Crippen LogP contribution >= 0.6 is 11.3 Å². The number of rotatable bonds is 6. The molecule has 0 saturated carbocycles. The van der Waals surface area contributed by atoms with Gasteiger partial charge in [0.15, 0.2) is 0 Å². The van der Waals surface area contributed by atoms with Crippen molar-refractivity contribution in [2.24, 2.45) is 0 Å². The quantitative estimate of drug-likeness (QED) is 0.818. The summed E-state index contributed by atoms with van der Waals surface area (Å²) < 4.78 is 1.76. The largest absolute Gasteiger partial charge is 0.394 e. The van der Waals surface area contributed by atoms with Crippen LogP contribution in [0.1, 0.15) is 16.0 Å². The lowest BCUT2D eigenvalue weighted by Crippen LogP contribution is -2.12. The lowest BCUT2D eigenvalue weighted by molar-refractivity contribution is 0.269. The van der Waals surface area contributed by atoms with Crippen LogP contribution in [-0.2, 0) is 19.6 Å². The standard InChI is InChI=1S/C12H17N3OS/c1-10-2-5-17-12(10)8-13-6-11-7-14-15(9-11)3-4-16/h2,5,7,9,13,16H,3-4,6,8H2,1H3. The smallest absolute Gasteiger partial charge is 0.0640 e. The Labute approximate surface area is 105 Å². The number of nitrogens with zero attached hydrogens (tertiary/aromatic N) is 2. The van der Waals surface area contributed by atoms with Crippen molar-refractivity contribution in [3.05, 3.63) is 39.8 Å². The molecule has 5 heteroatoms. The van der Waals surface area contributed by atoms with E-state index < -0.39 is 0 Å². The Balaban J connectivity index is 1.80. The maximum atomic E-state index is 8.79. The van der Waals surface area contributed by atoms with Crippen LogP contribution in [0.2, 0.25) is 0 Å². The van der Waals surface area contributed by atoms with Gasteiger partial charge >= 0.3 is 0 Å². The average Bonchev–Trinajstić information content (AvgIpc) is 2.90. The van der Waals surface area contributed by atoms with Crippen molar-refractivity contribution >= 4 is 11.3 Å². The van der Waals surface area contributed by atoms with Gasteiger partial charge in [0.2, 0.25) is 0 Å². The second-order valence-corrected chi connectivity index (χ2v) is 4.97. The summed E-state index contributed by atoms with van der Waals surface area (Å²) >= 11 is 1.78. The zero-order valence-electron chi connectivity index (χ0n) is 9.89. The number of aliphatic hydroxyl groups is 1. The molecule has 0 fully saturated rings. The van der Waals surface area contributed by atoms with Crippen molar-refractivity contribution < 1.29 is 5.11 Å². The maximum Gasteiger partial charge on any atom is 0.0640 e. The molecule has 0 amide bonds. The molecular formula is C12H17N3OS. The van der Waals surface area contributed by atoms with Gasteiger partial charge in [0.05, 0.1) is 19.3 Å². The second-order valence-electron chi connectivity index (χ2n) is 3.97. The molecule has 2 heterocycles. The molecule has 2 N–H and O–H groups in total. The first-order chi connectivity index (χ1) is 8.29. The SMILES string of the molecule is Cc1ccsc1CNCc1cnn(CCO)c1. The van der Waals surface area contributed by atoms with Crippen LogP contribution in [0.25, 0.3) is 0 Å². The third-order valence-electron chi connectivity index (χ3n) is 2.60. The minimum absolute atomic E-state index is 0.128. The molecule has 0 atom stereocenters. The number of nitrogens with one attached hydrogen (secondary N) is 1. The van der Waals surface area contributed by atoms with E-state index in [1.54, 1.807) is 16.0 Å². The molecule has 0 saturated heterocycles. The predicted octanol–water partition coefficient (Wildman–Crippen LogP) is 1.54. The second kappa shape index (κ2) is 5.95. The van der Waals surface area contributed by atoms with Crippen molar-refractivity contribution in [1.29, 1.82) is 0 Å². The molecule has 0 spiro atoms. The molecule has 0 aliphatic heterocycles. The monoisotopic (exact) mass is 251 g/mol. The highest BCUT2D eigenvalue weighted by Crippen LogP contribution is 2.14. The summed E-state index contributed by atoms with van der Waals surface area (Å²) in [5, 5.41) is 18.5. The Morgan fingerprint density at radius 1 is 1.47 bits per heavy atom. The maximum absolute atomic E-state index is 8.79. The van der Waals surface area contributed by atoms with Gasteiger partial charge in [0.25, 0.3) is 0 Å². The molecule has 0 aliphatic rings. The van der Waals surface area contributed by atoms with Gasteiger partial charge in [-0.3, -0.25) is 4.68 Å². The zero-order chi connectivity index (χ0) is 12.1. The third kappa shape index (κ3) is 3.39. The van der Waals surface area contributed by atoms with E-state index in [1.807, 2.05) is 12.4 Å². The Morgan fingerprint density at radius 2 is 2.35 bits per heavy atom. The number of aliphatic hydroxyl groups excluding tert-OH is 1. The van der Waals surface area contributed by atoms with Crippen molar-refractivity contribution in [3.8, 4) is 0 Å². The Bertz CT molecular complexity index is 464. The first-order valence-electron chi connectivity index (χ1n) is 5.65. The fraction of sp³-hybridized carbons (Fsp3) is 0.417. The van der Waals surface area contributed by atoms with Crippen LogP contribution in [0.5, 0.6) is 0 Å². The van der Waals surface area contributed by atoms with E-state index in [4.69, 9.17) is 5.11 Å². The van der Waals surface area contributed by atoms with E-state index in [0.717, 1.165) is 18.7 Å². The summed E-state index contributed by atoms with van der Waals surface area (Å²) in [4.78, 5) is 1.38. The lowest BCUT2D eigenvalue weighted by atomic mass is 10.3. The van der Waals surface area contributed by atoms with Gasteiger partial charge in [-0.25, -0.2) is 0 Å². The van der Waals surface area contributed by atoms with Gasteiger partial charge in [-0.1, -0.05) is 0 Å². The minimum atomic E-state index is 0.128. The van der Waals surface area contributed by atoms with Crippen LogP contribution < -0.4 is 5.32 Å². The molecule has 0 radical (unpaired) electrons. The highest BCUT2D eigenvalue weighted by atomic mass is 32.1. The summed E-state index contributed by atoms with van der Waals surface area (Å²) in [7, 11) is 0. The molecule has 92 valence electrons. The van der Waals surface area contributed by atoms with Crippen molar-refractivity contribution in [2.75, 3.05) is 6.61 Å². The van der Waals surface area contributed by atoms with Crippen LogP contribution in [-0.4, -0.2) is 21.5 Å². The Morgan fingerprint density at radius 3 is 3.06 bits per heavy atom. The highest BCUT2D eigenvalue weighted by Gasteiger charge is 2.01. The van der Waals surface area contributed by atoms with Gasteiger partial charge in [0, 0.05) is 29.7 Å². The zero-order valence-corrected chi connectivity index (χ0v) is 10.7. The Kier molecular flexibility index (Phi) is 4.30. The third-order valence-corrected chi connectivity index (χ3v) is 3.62. The minimum Gasteiger partial charge on any atom is -0.394 e. The summed E-state index contributed by atoms with van der Waals surface area (Å²) in [6.45, 7) is 4.53. The number of aromatic nitrogens is 2. The van der Waals surface area contributed by atoms with Gasteiger partial charge in [-0.2, -0.15) is 5.10 Å². The molecule has 17 heavy (non-hydrogen) atoms. The predicted molar refractivity (Wildman–Crippen MR) is 68.9 cm³/mol. The van der Waals surface area contributed by atoms with Crippen LogP contribution in [0, 0.1) is 6.92 Å². The molecule has 4 nitrogen and oxygen atoms in total. The summed E-state index contributed by atoms with van der Waals surface area (Å²) in [5.74, 6) is 0. The van der Waals surface area contributed by atoms with Crippen LogP contribution in [0.15, 0.2) is 23.8 Å². The average molecular weight is 251 g/mol. The lowest BCUT2D eigenvalue weighted by Gasteiger charge is -2.02. The normalized spacial score (nSPS) is 10.9. The van der Waals surface area contributed by atoms with Gasteiger partial charge < -0.3 is 10.4 Å². The number of aryl methyl sites for hydroxylation is 1. The fourth-order valence-corrected chi connectivity index (χ4v) is 2.50. The van der Waals surface area contributed by atoms with Gasteiger partial charge in [-0.15, -0.1) is 11.3 Å². The molecule has 0 aromatic carbocycles. The van der Waals surface area contributed by atoms with Gasteiger partial charge in [-0.05, 0) is 23.9 Å². The Hall–Kier alpha value is -1.17. The van der Waals surface area contributed by atoms with Crippen molar-refractivity contribution in [3.63, 3.8) is 0 Å². The first kappa shape index (κ1) is 12.3. The molecule has 2 aromatic rings. The molecule has 2 rings (SSSR count). The molecule has 0 bridgehead atoms. The summed E-state index contributed by atoms with van der Waals surface area (Å²) in [6.07, 6.45) is 3.80. The van der Waals surface area contributed by atoms with Crippen LogP contribution in [0.4, 0.5) is 0 Å².